The van der Waals surface area contributed by atoms with Crippen LogP contribution in [-0.2, 0) is 0 Å². The fraction of sp³-hybridized carbons (Fsp3) is 1.00. The molecule has 0 amide bonds. The molecule has 0 saturated carbocycles. The molecule has 1 heterocycles. The van der Waals surface area contributed by atoms with Gasteiger partial charge in [0.2, 0.25) is 0 Å². The van der Waals surface area contributed by atoms with Gasteiger partial charge in [-0.2, -0.15) is 0 Å². The first-order valence-electron chi connectivity index (χ1n) is 6.22. The summed E-state index contributed by atoms with van der Waals surface area (Å²) in [6, 6.07) is 0. The molecule has 0 N–H and O–H groups in total. The van der Waals surface area contributed by atoms with Crippen molar-refractivity contribution >= 4 is 0 Å². The molecule has 0 radical (unpaired) electrons. The number of piperidine rings is 1. The lowest BCUT2D eigenvalue weighted by Crippen LogP contribution is -2.32. The van der Waals surface area contributed by atoms with Crippen LogP contribution in [0.25, 0.3) is 0 Å². The Hall–Kier alpha value is -0.0400. The zero-order valence-electron chi connectivity index (χ0n) is 10.5. The van der Waals surface area contributed by atoms with Gasteiger partial charge in [0.15, 0.2) is 0 Å². The van der Waals surface area contributed by atoms with Crippen LogP contribution in [0.15, 0.2) is 0 Å². The Kier molecular flexibility index (Phi) is 4.43. The van der Waals surface area contributed by atoms with Crippen LogP contribution in [0.1, 0.15) is 53.4 Å². The summed E-state index contributed by atoms with van der Waals surface area (Å²) < 4.78 is 0. The second kappa shape index (κ2) is 5.16. The van der Waals surface area contributed by atoms with Gasteiger partial charge in [-0.15, -0.1) is 0 Å². The minimum absolute atomic E-state index is 0.482. The Morgan fingerprint density at radius 3 is 2.14 bits per heavy atom. The van der Waals surface area contributed by atoms with Gasteiger partial charge < -0.3 is 4.90 Å². The van der Waals surface area contributed by atoms with Crippen LogP contribution in [0.3, 0.4) is 0 Å². The summed E-state index contributed by atoms with van der Waals surface area (Å²) in [6.45, 7) is 13.5. The summed E-state index contributed by atoms with van der Waals surface area (Å²) in [5, 5.41) is 0. The first-order chi connectivity index (χ1) is 6.50. The van der Waals surface area contributed by atoms with E-state index >= 15 is 0 Å². The molecule has 0 bridgehead atoms. The quantitative estimate of drug-likeness (QED) is 0.669. The highest BCUT2D eigenvalue weighted by Gasteiger charge is 2.20. The normalized spacial score (nSPS) is 22.3. The number of hydrogen-bond donors (Lipinski definition) is 0. The van der Waals surface area contributed by atoms with Crippen molar-refractivity contribution in [3.8, 4) is 0 Å². The number of nitrogens with zero attached hydrogens (tertiary/aromatic N) is 1. The Morgan fingerprint density at radius 2 is 1.64 bits per heavy atom. The molecule has 1 aliphatic rings. The summed E-state index contributed by atoms with van der Waals surface area (Å²) in [5.41, 5.74) is 0.482. The Labute approximate surface area is 89.9 Å². The first kappa shape index (κ1) is 12.0. The second-order valence-corrected chi connectivity index (χ2v) is 5.96. The van der Waals surface area contributed by atoms with Crippen LogP contribution in [0, 0.1) is 11.3 Å². The van der Waals surface area contributed by atoms with Crippen molar-refractivity contribution in [3.63, 3.8) is 0 Å². The predicted molar refractivity (Wildman–Crippen MR) is 63.5 cm³/mol. The highest BCUT2D eigenvalue weighted by atomic mass is 15.1. The standard InChI is InChI=1S/C13H27N/c1-12(13(2,3)4)8-11-14-9-6-5-7-10-14/h12H,5-11H2,1-4H3/t12-/m0/s1. The third-order valence-corrected chi connectivity index (χ3v) is 3.81. The molecule has 0 aromatic heterocycles. The van der Waals surface area contributed by atoms with Gasteiger partial charge in [-0.05, 0) is 50.2 Å². The summed E-state index contributed by atoms with van der Waals surface area (Å²) in [4.78, 5) is 2.64. The molecular weight excluding hydrogens is 170 g/mol. The number of hydrogen-bond acceptors (Lipinski definition) is 1. The topological polar surface area (TPSA) is 3.24 Å². The van der Waals surface area contributed by atoms with E-state index in [1.54, 1.807) is 0 Å². The van der Waals surface area contributed by atoms with Crippen LogP contribution in [0.5, 0.6) is 0 Å². The molecule has 84 valence electrons. The summed E-state index contributed by atoms with van der Waals surface area (Å²) in [5.74, 6) is 0.837. The van der Waals surface area contributed by atoms with Crippen LogP contribution in [-0.4, -0.2) is 24.5 Å². The van der Waals surface area contributed by atoms with Gasteiger partial charge >= 0.3 is 0 Å². The molecule has 1 saturated heterocycles. The molecule has 1 fully saturated rings. The Bertz CT molecular complexity index is 151. The molecule has 0 aromatic carbocycles. The summed E-state index contributed by atoms with van der Waals surface area (Å²) >= 11 is 0. The van der Waals surface area contributed by atoms with Crippen molar-refractivity contribution in [2.24, 2.45) is 11.3 Å². The lowest BCUT2D eigenvalue weighted by atomic mass is 9.80. The molecule has 1 aliphatic heterocycles. The Morgan fingerprint density at radius 1 is 1.07 bits per heavy atom. The maximum Gasteiger partial charge on any atom is -0.00160 e. The van der Waals surface area contributed by atoms with Crippen molar-refractivity contribution in [1.82, 2.24) is 4.90 Å². The fourth-order valence-corrected chi connectivity index (χ4v) is 1.99. The maximum atomic E-state index is 2.64. The molecule has 1 nitrogen and oxygen atoms in total. The van der Waals surface area contributed by atoms with E-state index in [9.17, 15) is 0 Å². The second-order valence-electron chi connectivity index (χ2n) is 5.96. The fourth-order valence-electron chi connectivity index (χ4n) is 1.99. The highest BCUT2D eigenvalue weighted by molar-refractivity contribution is 4.72. The zero-order valence-corrected chi connectivity index (χ0v) is 10.5. The average molecular weight is 197 g/mol. The van der Waals surface area contributed by atoms with Gasteiger partial charge in [0, 0.05) is 0 Å². The van der Waals surface area contributed by atoms with E-state index in [1.165, 1.54) is 45.3 Å². The minimum atomic E-state index is 0.482. The molecule has 1 atom stereocenters. The number of likely N-dealkylation sites (tertiary alicyclic amines) is 1. The summed E-state index contributed by atoms with van der Waals surface area (Å²) in [6.07, 6.45) is 5.66. The number of rotatable bonds is 3. The van der Waals surface area contributed by atoms with Crippen LogP contribution >= 0.6 is 0 Å². The van der Waals surface area contributed by atoms with Crippen molar-refractivity contribution in [3.05, 3.63) is 0 Å². The van der Waals surface area contributed by atoms with Gasteiger partial charge in [-0.1, -0.05) is 34.1 Å². The molecular formula is C13H27N. The van der Waals surface area contributed by atoms with Crippen LogP contribution in [0.4, 0.5) is 0 Å². The lowest BCUT2D eigenvalue weighted by molar-refractivity contribution is 0.177. The van der Waals surface area contributed by atoms with Gasteiger partial charge in [0.25, 0.3) is 0 Å². The predicted octanol–water partition coefficient (Wildman–Crippen LogP) is 3.54. The first-order valence-corrected chi connectivity index (χ1v) is 6.22. The monoisotopic (exact) mass is 197 g/mol. The van der Waals surface area contributed by atoms with Crippen molar-refractivity contribution in [1.29, 1.82) is 0 Å². The molecule has 1 rings (SSSR count). The highest BCUT2D eigenvalue weighted by Crippen LogP contribution is 2.28. The molecule has 0 aliphatic carbocycles. The van der Waals surface area contributed by atoms with Gasteiger partial charge in [0.05, 0.1) is 0 Å². The molecule has 0 unspecified atom stereocenters. The van der Waals surface area contributed by atoms with E-state index in [4.69, 9.17) is 0 Å². The smallest absolute Gasteiger partial charge is 0.00160 e. The van der Waals surface area contributed by atoms with Crippen LogP contribution < -0.4 is 0 Å². The maximum absolute atomic E-state index is 2.64. The van der Waals surface area contributed by atoms with Gasteiger partial charge in [-0.25, -0.2) is 0 Å². The summed E-state index contributed by atoms with van der Waals surface area (Å²) in [7, 11) is 0. The minimum Gasteiger partial charge on any atom is -0.303 e. The molecule has 14 heavy (non-hydrogen) atoms. The lowest BCUT2D eigenvalue weighted by Gasteiger charge is -2.31. The molecule has 0 aromatic rings. The van der Waals surface area contributed by atoms with E-state index in [-0.39, 0.29) is 0 Å². The van der Waals surface area contributed by atoms with E-state index in [0.29, 0.717) is 5.41 Å². The van der Waals surface area contributed by atoms with Crippen LogP contribution in [0.2, 0.25) is 0 Å². The van der Waals surface area contributed by atoms with Crippen molar-refractivity contribution in [2.75, 3.05) is 19.6 Å². The zero-order chi connectivity index (χ0) is 10.6. The van der Waals surface area contributed by atoms with E-state index in [2.05, 4.69) is 32.6 Å². The largest absolute Gasteiger partial charge is 0.303 e. The third-order valence-electron chi connectivity index (χ3n) is 3.81. The molecule has 1 heteroatoms. The van der Waals surface area contributed by atoms with E-state index in [0.717, 1.165) is 5.92 Å². The Balaban J connectivity index is 2.19. The average Bonchev–Trinajstić information content (AvgIpc) is 2.14. The van der Waals surface area contributed by atoms with Gasteiger partial charge in [-0.3, -0.25) is 0 Å². The van der Waals surface area contributed by atoms with E-state index < -0.39 is 0 Å². The van der Waals surface area contributed by atoms with Gasteiger partial charge in [0.1, 0.15) is 0 Å². The SMILES string of the molecule is C[C@@H](CCN1CCCCC1)C(C)(C)C. The third kappa shape index (κ3) is 4.00. The molecule has 0 spiro atoms. The van der Waals surface area contributed by atoms with Crippen molar-refractivity contribution < 1.29 is 0 Å². The van der Waals surface area contributed by atoms with E-state index in [1.807, 2.05) is 0 Å². The van der Waals surface area contributed by atoms with Crippen molar-refractivity contribution in [2.45, 2.75) is 53.4 Å².